The van der Waals surface area contributed by atoms with Crippen LogP contribution >= 0.6 is 21.6 Å². The van der Waals surface area contributed by atoms with Gasteiger partial charge in [0, 0.05) is 25.7 Å². The van der Waals surface area contributed by atoms with Gasteiger partial charge in [0.1, 0.15) is 0 Å². The van der Waals surface area contributed by atoms with Crippen molar-refractivity contribution in [3.05, 3.63) is 0 Å². The van der Waals surface area contributed by atoms with Crippen LogP contribution < -0.4 is 0 Å². The second-order valence-electron chi connectivity index (χ2n) is 5.27. The molecule has 0 N–H and O–H groups in total. The maximum Gasteiger partial charge on any atom is 0.0722 e. The second-order valence-corrected chi connectivity index (χ2v) is 15.6. The highest BCUT2D eigenvalue weighted by Crippen LogP contribution is 2.27. The average molecular weight is 355 g/mol. The lowest BCUT2D eigenvalue weighted by Gasteiger charge is -2.24. The van der Waals surface area contributed by atoms with Gasteiger partial charge in [-0.15, -0.1) is 0 Å². The number of ether oxygens (including phenoxy) is 2. The molecule has 0 heterocycles. The molecule has 0 radical (unpaired) electrons. The molecule has 0 aliphatic rings. The van der Waals surface area contributed by atoms with E-state index in [0.29, 0.717) is 11.5 Å². The van der Waals surface area contributed by atoms with Crippen molar-refractivity contribution < 1.29 is 9.47 Å². The van der Waals surface area contributed by atoms with E-state index in [-0.39, 0.29) is 0 Å². The van der Waals surface area contributed by atoms with Crippen LogP contribution in [0.15, 0.2) is 0 Å². The molecule has 0 saturated heterocycles. The summed E-state index contributed by atoms with van der Waals surface area (Å²) in [6, 6.07) is 5.40. The minimum Gasteiger partial charge on any atom is -0.384 e. The first kappa shape index (κ1) is 21.1. The molecule has 20 heavy (non-hydrogen) atoms. The van der Waals surface area contributed by atoms with E-state index in [1.807, 2.05) is 35.8 Å². The molecule has 0 aromatic rings. The van der Waals surface area contributed by atoms with Gasteiger partial charge in [0.15, 0.2) is 0 Å². The van der Waals surface area contributed by atoms with Crippen LogP contribution in [0.5, 0.6) is 0 Å². The fraction of sp³-hybridized carbons (Fsp3) is 1.00. The molecule has 0 rings (SSSR count). The maximum atomic E-state index is 5.72. The Balaban J connectivity index is 4.03. The van der Waals surface area contributed by atoms with Gasteiger partial charge in [-0.3, -0.25) is 0 Å². The summed E-state index contributed by atoms with van der Waals surface area (Å²) < 4.78 is 11.4. The maximum absolute atomic E-state index is 5.72. The first-order valence-corrected chi connectivity index (χ1v) is 15.1. The van der Waals surface area contributed by atoms with E-state index < -0.39 is 17.6 Å². The Kier molecular flexibility index (Phi) is 14.4. The SMILES string of the molecule is CC[SiH](CC)C(CSSCC(OC)[SiH](CC)CC)OC. The smallest absolute Gasteiger partial charge is 0.0722 e. The number of rotatable bonds is 13. The third-order valence-corrected chi connectivity index (χ3v) is 14.7. The predicted octanol–water partition coefficient (Wildman–Crippen LogP) is 4.01. The first-order chi connectivity index (χ1) is 9.68. The molecule has 0 fully saturated rings. The predicted molar refractivity (Wildman–Crippen MR) is 103 cm³/mol. The molecule has 0 aromatic heterocycles. The van der Waals surface area contributed by atoms with Crippen molar-refractivity contribution in [1.29, 1.82) is 0 Å². The normalized spacial score (nSPS) is 15.0. The van der Waals surface area contributed by atoms with Gasteiger partial charge in [-0.05, 0) is 0 Å². The summed E-state index contributed by atoms with van der Waals surface area (Å²) in [6.07, 6.45) is 0. The van der Waals surface area contributed by atoms with E-state index in [1.54, 1.807) is 0 Å². The molecule has 122 valence electrons. The van der Waals surface area contributed by atoms with E-state index in [2.05, 4.69) is 27.7 Å². The van der Waals surface area contributed by atoms with Gasteiger partial charge in [0.05, 0.1) is 29.0 Å². The van der Waals surface area contributed by atoms with Gasteiger partial charge in [0.2, 0.25) is 0 Å². The summed E-state index contributed by atoms with van der Waals surface area (Å²) in [4.78, 5) is 0. The van der Waals surface area contributed by atoms with Gasteiger partial charge < -0.3 is 9.47 Å². The standard InChI is InChI=1S/C14H34O2S2Si2/c1-7-19(8-2)13(15-5)11-17-18-12-14(16-6)20(9-3)10-4/h13-14,19-20H,7-12H2,1-6H3. The van der Waals surface area contributed by atoms with Gasteiger partial charge in [0.25, 0.3) is 0 Å². The Morgan fingerprint density at radius 1 is 0.700 bits per heavy atom. The molecule has 0 aromatic carbocycles. The summed E-state index contributed by atoms with van der Waals surface area (Å²) in [5.74, 6) is 2.31. The molecular formula is C14H34O2S2Si2. The van der Waals surface area contributed by atoms with Crippen molar-refractivity contribution in [2.24, 2.45) is 0 Å². The minimum atomic E-state index is -0.692. The van der Waals surface area contributed by atoms with E-state index in [1.165, 1.54) is 24.2 Å². The van der Waals surface area contributed by atoms with Crippen LogP contribution in [0.2, 0.25) is 24.2 Å². The Morgan fingerprint density at radius 3 is 1.20 bits per heavy atom. The summed E-state index contributed by atoms with van der Waals surface area (Å²) in [5, 5.41) is 0. The Hall–Kier alpha value is 1.05. The lowest BCUT2D eigenvalue weighted by molar-refractivity contribution is 0.178. The van der Waals surface area contributed by atoms with E-state index in [9.17, 15) is 0 Å². The lowest BCUT2D eigenvalue weighted by Crippen LogP contribution is -2.34. The second kappa shape index (κ2) is 13.7. The molecular weight excluding hydrogens is 320 g/mol. The molecule has 0 aliphatic carbocycles. The van der Waals surface area contributed by atoms with E-state index >= 15 is 0 Å². The topological polar surface area (TPSA) is 18.5 Å². The molecule has 0 aliphatic heterocycles. The number of hydrogen-bond donors (Lipinski definition) is 0. The van der Waals surface area contributed by atoms with Crippen molar-refractivity contribution >= 4 is 39.2 Å². The zero-order valence-electron chi connectivity index (χ0n) is 14.2. The summed E-state index contributed by atoms with van der Waals surface area (Å²) >= 11 is 0. The molecule has 6 heteroatoms. The van der Waals surface area contributed by atoms with Crippen molar-refractivity contribution in [2.75, 3.05) is 25.7 Å². The summed E-state index contributed by atoms with van der Waals surface area (Å²) in [7, 11) is 6.38. The molecule has 0 bridgehead atoms. The zero-order chi connectivity index (χ0) is 15.4. The highest BCUT2D eigenvalue weighted by Gasteiger charge is 2.22. The van der Waals surface area contributed by atoms with Crippen molar-refractivity contribution in [1.82, 2.24) is 0 Å². The average Bonchev–Trinajstić information content (AvgIpc) is 2.49. The largest absolute Gasteiger partial charge is 0.384 e. The monoisotopic (exact) mass is 354 g/mol. The third-order valence-electron chi connectivity index (χ3n) is 4.30. The number of methoxy groups -OCH3 is 2. The Bertz CT molecular complexity index is 193. The molecule has 2 nitrogen and oxygen atoms in total. The van der Waals surface area contributed by atoms with Crippen LogP contribution in [0.1, 0.15) is 27.7 Å². The van der Waals surface area contributed by atoms with Crippen molar-refractivity contribution in [3.63, 3.8) is 0 Å². The van der Waals surface area contributed by atoms with Crippen LogP contribution in [0.3, 0.4) is 0 Å². The Labute approximate surface area is 137 Å². The minimum absolute atomic E-state index is 0.536. The summed E-state index contributed by atoms with van der Waals surface area (Å²) in [6.45, 7) is 9.29. The van der Waals surface area contributed by atoms with E-state index in [4.69, 9.17) is 9.47 Å². The molecule has 0 saturated carbocycles. The van der Waals surface area contributed by atoms with Crippen LogP contribution in [0.25, 0.3) is 0 Å². The number of hydrogen-bond acceptors (Lipinski definition) is 4. The highest BCUT2D eigenvalue weighted by molar-refractivity contribution is 8.76. The van der Waals surface area contributed by atoms with Crippen molar-refractivity contribution in [2.45, 2.75) is 63.3 Å². The molecule has 0 amide bonds. The van der Waals surface area contributed by atoms with Gasteiger partial charge in [-0.2, -0.15) is 0 Å². The van der Waals surface area contributed by atoms with Crippen LogP contribution in [-0.2, 0) is 9.47 Å². The Morgan fingerprint density at radius 2 is 1.00 bits per heavy atom. The lowest BCUT2D eigenvalue weighted by atomic mass is 10.8. The first-order valence-electron chi connectivity index (χ1n) is 7.98. The van der Waals surface area contributed by atoms with Gasteiger partial charge >= 0.3 is 0 Å². The molecule has 0 spiro atoms. The fourth-order valence-corrected chi connectivity index (χ4v) is 12.4. The van der Waals surface area contributed by atoms with Crippen LogP contribution in [0.4, 0.5) is 0 Å². The summed E-state index contributed by atoms with van der Waals surface area (Å²) in [5.41, 5.74) is 1.07. The van der Waals surface area contributed by atoms with Crippen molar-refractivity contribution in [3.8, 4) is 0 Å². The van der Waals surface area contributed by atoms with Gasteiger partial charge in [-0.25, -0.2) is 0 Å². The molecule has 2 atom stereocenters. The quantitative estimate of drug-likeness (QED) is 0.282. The third kappa shape index (κ3) is 7.89. The highest BCUT2D eigenvalue weighted by atomic mass is 33.1. The van der Waals surface area contributed by atoms with Crippen LogP contribution in [0, 0.1) is 0 Å². The molecule has 2 unspecified atom stereocenters. The van der Waals surface area contributed by atoms with Gasteiger partial charge in [-0.1, -0.05) is 73.5 Å². The van der Waals surface area contributed by atoms with Crippen LogP contribution in [-0.4, -0.2) is 54.8 Å². The zero-order valence-corrected chi connectivity index (χ0v) is 18.1. The van der Waals surface area contributed by atoms with E-state index in [0.717, 1.165) is 11.5 Å². The fourth-order valence-electron chi connectivity index (χ4n) is 2.65.